The third-order valence-corrected chi connectivity index (χ3v) is 5.95. The van der Waals surface area contributed by atoms with Crippen molar-refractivity contribution in [3.05, 3.63) is 48.7 Å². The van der Waals surface area contributed by atoms with Gasteiger partial charge in [0.05, 0.1) is 23.4 Å². The first-order valence-corrected chi connectivity index (χ1v) is 8.10. The molecule has 1 aliphatic heterocycles. The summed E-state index contributed by atoms with van der Waals surface area (Å²) < 4.78 is 31.7. The summed E-state index contributed by atoms with van der Waals surface area (Å²) in [5, 5.41) is -0.243. The third kappa shape index (κ3) is 2.01. The molecule has 1 aromatic carbocycles. The largest absolute Gasteiger partial charge is 0.497 e. The molecule has 20 heavy (non-hydrogen) atoms. The Hall–Kier alpha value is -1.46. The molecule has 0 radical (unpaired) electrons. The van der Waals surface area contributed by atoms with Crippen LogP contribution in [-0.2, 0) is 10.0 Å². The molecule has 3 rings (SSSR count). The van der Waals surface area contributed by atoms with Crippen molar-refractivity contribution in [1.29, 1.82) is 0 Å². The van der Waals surface area contributed by atoms with Gasteiger partial charge in [-0.3, -0.25) is 4.31 Å². The van der Waals surface area contributed by atoms with Crippen LogP contribution in [0.3, 0.4) is 0 Å². The van der Waals surface area contributed by atoms with E-state index in [1.165, 1.54) is 16.4 Å². The first kappa shape index (κ1) is 13.5. The second-order valence-electron chi connectivity index (χ2n) is 4.75. The Kier molecular flexibility index (Phi) is 3.26. The highest BCUT2D eigenvalue weighted by molar-refractivity contribution is 7.89. The zero-order valence-corrected chi connectivity index (χ0v) is 12.4. The summed E-state index contributed by atoms with van der Waals surface area (Å²) in [5.74, 6) is 0.734. The van der Waals surface area contributed by atoms with E-state index in [2.05, 4.69) is 0 Å². The van der Waals surface area contributed by atoms with E-state index in [1.54, 1.807) is 25.4 Å². The fourth-order valence-electron chi connectivity index (χ4n) is 2.47. The average Bonchev–Trinajstić information content (AvgIpc) is 2.69. The lowest BCUT2D eigenvalue weighted by Crippen LogP contribution is -2.42. The molecule has 0 fully saturated rings. The number of hydrogen-bond donors (Lipinski definition) is 0. The van der Waals surface area contributed by atoms with Gasteiger partial charge in [-0.2, -0.15) is 0 Å². The van der Waals surface area contributed by atoms with Crippen molar-refractivity contribution in [2.24, 2.45) is 5.92 Å². The molecule has 1 aromatic rings. The van der Waals surface area contributed by atoms with E-state index in [0.29, 0.717) is 5.75 Å². The maximum absolute atomic E-state index is 12.7. The Morgan fingerprint density at radius 3 is 2.50 bits per heavy atom. The van der Waals surface area contributed by atoms with Gasteiger partial charge >= 0.3 is 0 Å². The molecule has 6 heteroatoms. The van der Waals surface area contributed by atoms with Crippen LogP contribution in [0, 0.1) is 5.92 Å². The van der Waals surface area contributed by atoms with Crippen molar-refractivity contribution in [1.82, 2.24) is 4.31 Å². The molecule has 0 saturated carbocycles. The van der Waals surface area contributed by atoms with Gasteiger partial charge in [0.1, 0.15) is 5.75 Å². The minimum atomic E-state index is -3.60. The molecular weight excluding hydrogens is 298 g/mol. The number of ether oxygens (including phenoxy) is 1. The van der Waals surface area contributed by atoms with Crippen molar-refractivity contribution < 1.29 is 13.2 Å². The van der Waals surface area contributed by atoms with Crippen LogP contribution in [0.25, 0.3) is 0 Å². The average molecular weight is 312 g/mol. The molecule has 1 heterocycles. The highest BCUT2D eigenvalue weighted by Gasteiger charge is 2.40. The van der Waals surface area contributed by atoms with E-state index in [9.17, 15) is 8.42 Å². The number of benzene rings is 1. The number of sulfonamides is 1. The Morgan fingerprint density at radius 1 is 1.15 bits per heavy atom. The van der Waals surface area contributed by atoms with Crippen molar-refractivity contribution in [3.8, 4) is 5.75 Å². The minimum absolute atomic E-state index is 0.115. The lowest BCUT2D eigenvalue weighted by Gasteiger charge is -2.32. The van der Waals surface area contributed by atoms with Gasteiger partial charge in [0, 0.05) is 12.1 Å². The third-order valence-electron chi connectivity index (χ3n) is 3.61. The number of halogens is 1. The van der Waals surface area contributed by atoms with Crippen LogP contribution in [0.2, 0.25) is 0 Å². The van der Waals surface area contributed by atoms with Gasteiger partial charge in [-0.15, -0.1) is 11.6 Å². The molecule has 2 aliphatic rings. The molecule has 3 atom stereocenters. The molecule has 1 aliphatic carbocycles. The lowest BCUT2D eigenvalue weighted by atomic mass is 10.1. The number of fused-ring (bicyclic) bond motifs is 2. The minimum Gasteiger partial charge on any atom is -0.497 e. The van der Waals surface area contributed by atoms with Crippen LogP contribution in [-0.4, -0.2) is 31.3 Å². The van der Waals surface area contributed by atoms with Gasteiger partial charge in [0.15, 0.2) is 0 Å². The Labute approximate surface area is 123 Å². The summed E-state index contributed by atoms with van der Waals surface area (Å²) in [7, 11) is -2.06. The highest BCUT2D eigenvalue weighted by Crippen LogP contribution is 2.36. The lowest BCUT2D eigenvalue weighted by molar-refractivity contribution is 0.411. The van der Waals surface area contributed by atoms with Crippen molar-refractivity contribution in [3.63, 3.8) is 0 Å². The Balaban J connectivity index is 1.97. The second kappa shape index (κ2) is 4.82. The van der Waals surface area contributed by atoms with Crippen LogP contribution in [0.5, 0.6) is 5.75 Å². The number of methoxy groups -OCH3 is 1. The van der Waals surface area contributed by atoms with E-state index in [4.69, 9.17) is 16.3 Å². The maximum Gasteiger partial charge on any atom is 0.264 e. The molecule has 0 aromatic heterocycles. The number of alkyl halides is 1. The van der Waals surface area contributed by atoms with Crippen molar-refractivity contribution in [2.75, 3.05) is 7.11 Å². The van der Waals surface area contributed by atoms with Gasteiger partial charge in [0.25, 0.3) is 10.0 Å². The summed E-state index contributed by atoms with van der Waals surface area (Å²) in [4.78, 5) is 0.227. The SMILES string of the molecule is COc1ccc(S(=O)(=O)N2C=CC3C=CC2C3Cl)cc1. The summed E-state index contributed by atoms with van der Waals surface area (Å²) >= 11 is 6.28. The van der Waals surface area contributed by atoms with E-state index in [0.717, 1.165) is 0 Å². The van der Waals surface area contributed by atoms with Gasteiger partial charge in [-0.1, -0.05) is 18.2 Å². The topological polar surface area (TPSA) is 46.6 Å². The van der Waals surface area contributed by atoms with Crippen LogP contribution in [0.4, 0.5) is 0 Å². The number of nitrogens with zero attached hydrogens (tertiary/aromatic N) is 1. The van der Waals surface area contributed by atoms with E-state index < -0.39 is 10.0 Å². The van der Waals surface area contributed by atoms with Gasteiger partial charge < -0.3 is 4.74 Å². The molecule has 0 amide bonds. The van der Waals surface area contributed by atoms with Gasteiger partial charge in [-0.05, 0) is 24.3 Å². The Morgan fingerprint density at radius 2 is 1.85 bits per heavy atom. The van der Waals surface area contributed by atoms with E-state index in [1.807, 2.05) is 18.2 Å². The number of allylic oxidation sites excluding steroid dienone is 2. The first-order chi connectivity index (χ1) is 9.54. The molecule has 4 nitrogen and oxygen atoms in total. The van der Waals surface area contributed by atoms with Crippen LogP contribution in [0.15, 0.2) is 53.6 Å². The smallest absolute Gasteiger partial charge is 0.264 e. The molecule has 2 bridgehead atoms. The molecule has 0 N–H and O–H groups in total. The van der Waals surface area contributed by atoms with Crippen molar-refractivity contribution >= 4 is 21.6 Å². The van der Waals surface area contributed by atoms with Crippen LogP contribution >= 0.6 is 11.6 Å². The van der Waals surface area contributed by atoms with Crippen molar-refractivity contribution in [2.45, 2.75) is 16.3 Å². The van der Waals surface area contributed by atoms with Gasteiger partial charge in [0.2, 0.25) is 0 Å². The highest BCUT2D eigenvalue weighted by atomic mass is 35.5. The zero-order chi connectivity index (χ0) is 14.3. The van der Waals surface area contributed by atoms with Gasteiger partial charge in [-0.25, -0.2) is 8.42 Å². The number of hydrogen-bond acceptors (Lipinski definition) is 3. The molecular formula is C14H14ClNO3S. The fraction of sp³-hybridized carbons (Fsp3) is 0.286. The molecule has 0 saturated heterocycles. The number of rotatable bonds is 3. The summed E-state index contributed by atoms with van der Waals surface area (Å²) in [6.45, 7) is 0. The van der Waals surface area contributed by atoms with E-state index in [-0.39, 0.29) is 22.2 Å². The quantitative estimate of drug-likeness (QED) is 0.636. The monoisotopic (exact) mass is 311 g/mol. The Bertz CT molecular complexity index is 666. The molecule has 0 spiro atoms. The van der Waals surface area contributed by atoms with Crippen LogP contribution < -0.4 is 4.74 Å². The normalized spacial score (nSPS) is 27.9. The standard InChI is InChI=1S/C14H14ClNO3S/c1-19-11-3-5-12(6-4-11)20(17,18)16-9-8-10-2-7-13(16)14(10)15/h2-10,13-14H,1H3. The molecule has 106 valence electrons. The fourth-order valence-corrected chi connectivity index (χ4v) is 4.39. The zero-order valence-electron chi connectivity index (χ0n) is 10.8. The summed E-state index contributed by atoms with van der Waals surface area (Å²) in [5.41, 5.74) is 0. The van der Waals surface area contributed by atoms with E-state index >= 15 is 0 Å². The summed E-state index contributed by atoms with van der Waals surface area (Å²) in [6, 6.07) is 6.02. The predicted molar refractivity (Wildman–Crippen MR) is 77.2 cm³/mol. The molecule has 3 unspecified atom stereocenters. The maximum atomic E-state index is 12.7. The predicted octanol–water partition coefficient (Wildman–Crippen LogP) is 2.38. The summed E-state index contributed by atoms with van der Waals surface area (Å²) in [6.07, 6.45) is 7.22. The first-order valence-electron chi connectivity index (χ1n) is 6.22. The second-order valence-corrected chi connectivity index (χ2v) is 7.10. The van der Waals surface area contributed by atoms with Crippen LogP contribution in [0.1, 0.15) is 0 Å².